The molecule has 2 aliphatic rings. The molecule has 2 aromatic rings. The fourth-order valence-electron chi connectivity index (χ4n) is 3.19. The number of hydrogen-bond acceptors (Lipinski definition) is 6. The first kappa shape index (κ1) is 14.4. The van der Waals surface area contributed by atoms with Gasteiger partial charge in [-0.25, -0.2) is 4.68 Å². The zero-order chi connectivity index (χ0) is 16.0. The molecule has 1 fully saturated rings. The van der Waals surface area contributed by atoms with E-state index in [1.54, 1.807) is 17.2 Å². The summed E-state index contributed by atoms with van der Waals surface area (Å²) in [7, 11) is 0. The largest absolute Gasteiger partial charge is 0.370 e. The monoisotopic (exact) mass is 317 g/mol. The molecular weight excluding hydrogens is 298 g/mol. The van der Waals surface area contributed by atoms with E-state index in [0.717, 1.165) is 17.9 Å². The second-order valence-corrected chi connectivity index (χ2v) is 6.40. The Bertz CT molecular complexity index is 722. The first-order chi connectivity index (χ1) is 11.1. The van der Waals surface area contributed by atoms with Crippen LogP contribution in [-0.2, 0) is 11.3 Å². The maximum Gasteiger partial charge on any atom is 0.276 e. The Morgan fingerprint density at radius 2 is 2.30 bits per heavy atom. The van der Waals surface area contributed by atoms with Gasteiger partial charge >= 0.3 is 0 Å². The van der Waals surface area contributed by atoms with Crippen molar-refractivity contribution in [3.05, 3.63) is 29.4 Å². The second-order valence-electron chi connectivity index (χ2n) is 6.40. The van der Waals surface area contributed by atoms with Gasteiger partial charge in [-0.15, -0.1) is 5.10 Å². The number of rotatable bonds is 2. The van der Waals surface area contributed by atoms with E-state index in [1.165, 1.54) is 0 Å². The number of likely N-dealkylation sites (tertiary alicyclic amines) is 1. The highest BCUT2D eigenvalue weighted by atomic mass is 16.5. The predicted molar refractivity (Wildman–Crippen MR) is 78.7 cm³/mol. The van der Waals surface area contributed by atoms with Crippen molar-refractivity contribution in [3.63, 3.8) is 0 Å². The second kappa shape index (κ2) is 5.45. The molecule has 0 spiro atoms. The highest BCUT2D eigenvalue weighted by Gasteiger charge is 2.38. The lowest BCUT2D eigenvalue weighted by Gasteiger charge is -2.40. The average molecular weight is 317 g/mol. The summed E-state index contributed by atoms with van der Waals surface area (Å²) in [5.41, 5.74) is 1.31. The smallest absolute Gasteiger partial charge is 0.276 e. The standard InChI is InChI=1S/C15H19N5O3/c1-9(2)14-5-11(17-23-14)15(21)19-4-3-13-12(7-19)20-10(8-22-13)6-16-18-20/h5-6,9,12-13H,3-4,7-8H2,1-2H3. The van der Waals surface area contributed by atoms with Gasteiger partial charge in [0.1, 0.15) is 5.76 Å². The fraction of sp³-hybridized carbons (Fsp3) is 0.600. The zero-order valence-electron chi connectivity index (χ0n) is 13.2. The summed E-state index contributed by atoms with van der Waals surface area (Å²) in [6.45, 7) is 5.73. The Morgan fingerprint density at radius 1 is 1.43 bits per heavy atom. The first-order valence-corrected chi connectivity index (χ1v) is 7.90. The van der Waals surface area contributed by atoms with Gasteiger partial charge in [0.2, 0.25) is 0 Å². The molecule has 0 aliphatic carbocycles. The number of ether oxygens (including phenoxy) is 1. The SMILES string of the molecule is CC(C)c1cc(C(=O)N2CCC3OCc4cnnn4C3C2)no1. The number of carbonyl (C=O) groups is 1. The number of aromatic nitrogens is 4. The summed E-state index contributed by atoms with van der Waals surface area (Å²) in [5.74, 6) is 0.827. The third-order valence-electron chi connectivity index (χ3n) is 4.53. The highest BCUT2D eigenvalue weighted by molar-refractivity contribution is 5.92. The van der Waals surface area contributed by atoms with E-state index in [4.69, 9.17) is 9.26 Å². The lowest BCUT2D eigenvalue weighted by atomic mass is 10.00. The summed E-state index contributed by atoms with van der Waals surface area (Å²) in [4.78, 5) is 14.5. The van der Waals surface area contributed by atoms with Gasteiger partial charge in [-0.1, -0.05) is 24.2 Å². The van der Waals surface area contributed by atoms with Gasteiger partial charge in [0, 0.05) is 25.1 Å². The molecule has 0 radical (unpaired) electrons. The van der Waals surface area contributed by atoms with Crippen molar-refractivity contribution < 1.29 is 14.1 Å². The lowest BCUT2D eigenvalue weighted by molar-refractivity contribution is -0.0606. The van der Waals surface area contributed by atoms with Gasteiger partial charge < -0.3 is 14.2 Å². The quantitative estimate of drug-likeness (QED) is 0.831. The molecule has 2 atom stereocenters. The molecule has 2 unspecified atom stereocenters. The zero-order valence-corrected chi connectivity index (χ0v) is 13.2. The van der Waals surface area contributed by atoms with Crippen molar-refractivity contribution in [3.8, 4) is 0 Å². The summed E-state index contributed by atoms with van der Waals surface area (Å²) in [6, 6.07) is 1.74. The Balaban J connectivity index is 1.54. The van der Waals surface area contributed by atoms with Crippen molar-refractivity contribution in [1.29, 1.82) is 0 Å². The average Bonchev–Trinajstić information content (AvgIpc) is 3.22. The number of carbonyl (C=O) groups excluding carboxylic acids is 1. The van der Waals surface area contributed by atoms with E-state index < -0.39 is 0 Å². The Kier molecular flexibility index (Phi) is 3.41. The van der Waals surface area contributed by atoms with Crippen molar-refractivity contribution in [2.45, 2.75) is 44.9 Å². The van der Waals surface area contributed by atoms with Crippen LogP contribution in [-0.4, -0.2) is 50.2 Å². The van der Waals surface area contributed by atoms with Crippen LogP contribution in [0.25, 0.3) is 0 Å². The molecular formula is C15H19N5O3. The van der Waals surface area contributed by atoms with E-state index in [9.17, 15) is 4.79 Å². The molecule has 23 heavy (non-hydrogen) atoms. The molecule has 4 rings (SSSR count). The number of fused-ring (bicyclic) bond motifs is 3. The minimum absolute atomic E-state index is 0.00965. The van der Waals surface area contributed by atoms with Crippen LogP contribution in [0.5, 0.6) is 0 Å². The van der Waals surface area contributed by atoms with Crippen LogP contribution in [0.1, 0.15) is 54.2 Å². The van der Waals surface area contributed by atoms with Crippen LogP contribution in [0.15, 0.2) is 16.8 Å². The van der Waals surface area contributed by atoms with E-state index in [2.05, 4.69) is 15.5 Å². The molecule has 0 saturated carbocycles. The van der Waals surface area contributed by atoms with E-state index in [0.29, 0.717) is 25.4 Å². The van der Waals surface area contributed by atoms with E-state index in [-0.39, 0.29) is 24.0 Å². The van der Waals surface area contributed by atoms with E-state index in [1.807, 2.05) is 18.5 Å². The van der Waals surface area contributed by atoms with Gasteiger partial charge in [0.15, 0.2) is 5.69 Å². The minimum atomic E-state index is -0.105. The van der Waals surface area contributed by atoms with Gasteiger partial charge in [-0.3, -0.25) is 4.79 Å². The molecule has 2 aliphatic heterocycles. The summed E-state index contributed by atoms with van der Waals surface area (Å²) in [6.07, 6.45) is 2.57. The molecule has 8 nitrogen and oxygen atoms in total. The number of amides is 1. The Hall–Kier alpha value is -2.22. The summed E-state index contributed by atoms with van der Waals surface area (Å²) >= 11 is 0. The topological polar surface area (TPSA) is 86.3 Å². The molecule has 122 valence electrons. The van der Waals surface area contributed by atoms with Gasteiger partial charge in [-0.05, 0) is 6.42 Å². The van der Waals surface area contributed by atoms with Crippen LogP contribution in [0.2, 0.25) is 0 Å². The molecule has 0 bridgehead atoms. The molecule has 2 aromatic heterocycles. The third kappa shape index (κ3) is 2.42. The van der Waals surface area contributed by atoms with Crippen LogP contribution in [0.3, 0.4) is 0 Å². The van der Waals surface area contributed by atoms with Crippen LogP contribution >= 0.6 is 0 Å². The number of nitrogens with zero attached hydrogens (tertiary/aromatic N) is 5. The van der Waals surface area contributed by atoms with Crippen LogP contribution in [0.4, 0.5) is 0 Å². The lowest BCUT2D eigenvalue weighted by Crippen LogP contribution is -2.50. The maximum atomic E-state index is 12.7. The molecule has 8 heteroatoms. The van der Waals surface area contributed by atoms with Gasteiger partial charge in [0.25, 0.3) is 5.91 Å². The summed E-state index contributed by atoms with van der Waals surface area (Å²) < 4.78 is 13.0. The predicted octanol–water partition coefficient (Wildman–Crippen LogP) is 1.38. The van der Waals surface area contributed by atoms with Crippen LogP contribution in [0, 0.1) is 0 Å². The third-order valence-corrected chi connectivity index (χ3v) is 4.53. The van der Waals surface area contributed by atoms with Gasteiger partial charge in [0.05, 0.1) is 30.6 Å². The molecule has 1 amide bonds. The van der Waals surface area contributed by atoms with Crippen LogP contribution < -0.4 is 0 Å². The Labute approximate surface area is 133 Å². The van der Waals surface area contributed by atoms with Crippen molar-refractivity contribution in [1.82, 2.24) is 25.1 Å². The van der Waals surface area contributed by atoms with Crippen molar-refractivity contribution >= 4 is 5.91 Å². The van der Waals surface area contributed by atoms with Crippen molar-refractivity contribution in [2.24, 2.45) is 0 Å². The molecule has 4 heterocycles. The Morgan fingerprint density at radius 3 is 3.09 bits per heavy atom. The maximum absolute atomic E-state index is 12.7. The summed E-state index contributed by atoms with van der Waals surface area (Å²) in [5, 5.41) is 12.0. The number of piperidine rings is 1. The molecule has 0 aromatic carbocycles. The molecule has 1 saturated heterocycles. The normalized spacial score (nSPS) is 23.7. The van der Waals surface area contributed by atoms with Gasteiger partial charge in [-0.2, -0.15) is 0 Å². The van der Waals surface area contributed by atoms with E-state index >= 15 is 0 Å². The first-order valence-electron chi connectivity index (χ1n) is 7.90. The minimum Gasteiger partial charge on any atom is -0.370 e. The highest BCUT2D eigenvalue weighted by Crippen LogP contribution is 2.30. The molecule has 0 N–H and O–H groups in total. The fourth-order valence-corrected chi connectivity index (χ4v) is 3.19. The van der Waals surface area contributed by atoms with Crippen molar-refractivity contribution in [2.75, 3.05) is 13.1 Å². The number of hydrogen-bond donors (Lipinski definition) is 0.